The number of hydrogen-bond acceptors (Lipinski definition) is 4. The van der Waals surface area contributed by atoms with Gasteiger partial charge in [0.25, 0.3) is 0 Å². The van der Waals surface area contributed by atoms with Gasteiger partial charge in [-0.1, -0.05) is 46.3 Å². The number of nitrogens with one attached hydrogen (secondary N) is 2. The maximum absolute atomic E-state index is 12.0. The van der Waals surface area contributed by atoms with Crippen molar-refractivity contribution in [1.82, 2.24) is 5.32 Å². The van der Waals surface area contributed by atoms with Crippen LogP contribution in [0.1, 0.15) is 17.3 Å². The Morgan fingerprint density at radius 2 is 1.68 bits per heavy atom. The van der Waals surface area contributed by atoms with Crippen LogP contribution in [0.2, 0.25) is 0 Å². The predicted molar refractivity (Wildman–Crippen MR) is 97.5 cm³/mol. The van der Waals surface area contributed by atoms with Crippen LogP contribution in [-0.2, 0) is 9.53 Å². The van der Waals surface area contributed by atoms with Crippen LogP contribution in [0.4, 0.5) is 10.5 Å². The van der Waals surface area contributed by atoms with Gasteiger partial charge in [-0.15, -0.1) is 0 Å². The maximum atomic E-state index is 12.0. The van der Waals surface area contributed by atoms with E-state index in [2.05, 4.69) is 26.6 Å². The van der Waals surface area contributed by atoms with Crippen molar-refractivity contribution in [2.45, 2.75) is 13.0 Å². The summed E-state index contributed by atoms with van der Waals surface area (Å²) in [6.45, 7) is 1.10. The molecule has 2 aromatic rings. The molecule has 2 rings (SSSR count). The van der Waals surface area contributed by atoms with Gasteiger partial charge in [-0.2, -0.15) is 0 Å². The van der Waals surface area contributed by atoms with Crippen LogP contribution in [0.15, 0.2) is 59.1 Å². The Labute approximate surface area is 153 Å². The molecule has 0 aromatic heterocycles. The minimum atomic E-state index is -0.888. The van der Waals surface area contributed by atoms with Crippen molar-refractivity contribution in [2.24, 2.45) is 0 Å². The summed E-state index contributed by atoms with van der Waals surface area (Å²) in [6.07, 6.45) is 0. The molecule has 1 atom stereocenters. The molecule has 0 spiro atoms. The first-order chi connectivity index (χ1) is 12.0. The third-order valence-corrected chi connectivity index (χ3v) is 3.77. The van der Waals surface area contributed by atoms with Crippen molar-refractivity contribution in [3.8, 4) is 0 Å². The predicted octanol–water partition coefficient (Wildman–Crippen LogP) is 3.39. The number of rotatable bonds is 6. The summed E-state index contributed by atoms with van der Waals surface area (Å²) < 4.78 is 5.81. The number of carbonyl (C=O) groups is 3. The Morgan fingerprint density at radius 3 is 2.32 bits per heavy atom. The van der Waals surface area contributed by atoms with E-state index in [1.165, 1.54) is 6.92 Å². The van der Waals surface area contributed by atoms with Crippen molar-refractivity contribution in [3.63, 3.8) is 0 Å². The minimum absolute atomic E-state index is 0.318. The van der Waals surface area contributed by atoms with E-state index in [9.17, 15) is 14.4 Å². The molecule has 0 aliphatic heterocycles. The van der Waals surface area contributed by atoms with Crippen LogP contribution in [-0.4, -0.2) is 30.4 Å². The molecule has 2 N–H and O–H groups in total. The number of anilines is 1. The van der Waals surface area contributed by atoms with Gasteiger partial charge in [0.1, 0.15) is 6.04 Å². The van der Waals surface area contributed by atoms with E-state index in [1.54, 1.807) is 48.5 Å². The summed E-state index contributed by atoms with van der Waals surface area (Å²) in [6, 6.07) is 14.1. The van der Waals surface area contributed by atoms with Crippen molar-refractivity contribution in [3.05, 3.63) is 64.6 Å². The smallest absolute Gasteiger partial charge is 0.328 e. The normalized spacial score (nSPS) is 11.3. The number of urea groups is 1. The van der Waals surface area contributed by atoms with Gasteiger partial charge in [0, 0.05) is 15.7 Å². The van der Waals surface area contributed by atoms with Gasteiger partial charge in [-0.25, -0.2) is 9.59 Å². The largest absolute Gasteiger partial charge is 0.456 e. The van der Waals surface area contributed by atoms with E-state index in [1.807, 2.05) is 6.07 Å². The van der Waals surface area contributed by atoms with E-state index in [0.717, 1.165) is 4.47 Å². The molecule has 7 heteroatoms. The van der Waals surface area contributed by atoms with Crippen molar-refractivity contribution in [1.29, 1.82) is 0 Å². The molecule has 0 fully saturated rings. The van der Waals surface area contributed by atoms with E-state index < -0.39 is 18.0 Å². The zero-order valence-corrected chi connectivity index (χ0v) is 15.1. The molecule has 0 aliphatic rings. The SMILES string of the molecule is C[C@H](NC(=O)Nc1ccccc1)C(=O)OCC(=O)c1ccc(Br)cc1. The van der Waals surface area contributed by atoms with Gasteiger partial charge in [0.15, 0.2) is 12.4 Å². The Morgan fingerprint density at radius 1 is 1.04 bits per heavy atom. The summed E-state index contributed by atoms with van der Waals surface area (Å²) in [5.41, 5.74) is 1.05. The van der Waals surface area contributed by atoms with Crippen LogP contribution in [0.5, 0.6) is 0 Å². The zero-order chi connectivity index (χ0) is 18.2. The van der Waals surface area contributed by atoms with Crippen LogP contribution >= 0.6 is 15.9 Å². The number of carbonyl (C=O) groups excluding carboxylic acids is 3. The third-order valence-electron chi connectivity index (χ3n) is 3.24. The van der Waals surface area contributed by atoms with Gasteiger partial charge in [0.05, 0.1) is 0 Å². The van der Waals surface area contributed by atoms with Gasteiger partial charge in [-0.05, 0) is 31.2 Å². The quantitative estimate of drug-likeness (QED) is 0.570. The summed E-state index contributed by atoms with van der Waals surface area (Å²) >= 11 is 3.28. The van der Waals surface area contributed by atoms with Gasteiger partial charge in [0.2, 0.25) is 0 Å². The third kappa shape index (κ3) is 6.04. The van der Waals surface area contributed by atoms with Gasteiger partial charge < -0.3 is 15.4 Å². The number of amides is 2. The lowest BCUT2D eigenvalue weighted by Gasteiger charge is -2.14. The van der Waals surface area contributed by atoms with Crippen LogP contribution in [0, 0.1) is 0 Å². The fourth-order valence-corrected chi connectivity index (χ4v) is 2.19. The number of benzene rings is 2. The van der Waals surface area contributed by atoms with E-state index in [-0.39, 0.29) is 12.4 Å². The van der Waals surface area contributed by atoms with Crippen molar-refractivity contribution < 1.29 is 19.1 Å². The number of ether oxygens (including phenoxy) is 1. The maximum Gasteiger partial charge on any atom is 0.328 e. The number of ketones is 1. The van der Waals surface area contributed by atoms with Gasteiger partial charge in [-0.3, -0.25) is 4.79 Å². The second-order valence-electron chi connectivity index (χ2n) is 5.22. The Hall–Kier alpha value is -2.67. The highest BCUT2D eigenvalue weighted by Crippen LogP contribution is 2.11. The average Bonchev–Trinajstić information content (AvgIpc) is 2.60. The topological polar surface area (TPSA) is 84.5 Å². The number of hydrogen-bond donors (Lipinski definition) is 2. The fraction of sp³-hybridized carbons (Fsp3) is 0.167. The second-order valence-corrected chi connectivity index (χ2v) is 6.14. The first-order valence-corrected chi connectivity index (χ1v) is 8.33. The highest BCUT2D eigenvalue weighted by atomic mass is 79.9. The molecule has 130 valence electrons. The monoisotopic (exact) mass is 404 g/mol. The summed E-state index contributed by atoms with van der Waals surface area (Å²) in [7, 11) is 0. The number of halogens is 1. The highest BCUT2D eigenvalue weighted by Gasteiger charge is 2.18. The lowest BCUT2D eigenvalue weighted by molar-refractivity contribution is -0.144. The Balaban J connectivity index is 1.78. The van der Waals surface area contributed by atoms with Crippen LogP contribution in [0.25, 0.3) is 0 Å². The van der Waals surface area contributed by atoms with Crippen LogP contribution < -0.4 is 10.6 Å². The molecule has 0 aliphatic carbocycles. The molecule has 0 saturated heterocycles. The van der Waals surface area contributed by atoms with Crippen LogP contribution in [0.3, 0.4) is 0 Å². The molecule has 0 radical (unpaired) electrons. The molecular weight excluding hydrogens is 388 g/mol. The molecule has 2 amide bonds. The number of Topliss-reactive ketones (excluding diaryl/α,β-unsaturated/α-hetero) is 1. The molecular formula is C18H17BrN2O4. The summed E-state index contributed by atoms with van der Waals surface area (Å²) in [5.74, 6) is -1.00. The Bertz CT molecular complexity index is 747. The molecule has 6 nitrogen and oxygen atoms in total. The first-order valence-electron chi connectivity index (χ1n) is 7.53. The fourth-order valence-electron chi connectivity index (χ4n) is 1.93. The zero-order valence-electron chi connectivity index (χ0n) is 13.5. The van der Waals surface area contributed by atoms with E-state index in [0.29, 0.717) is 11.3 Å². The second kappa shape index (κ2) is 8.98. The molecule has 0 saturated carbocycles. The molecule has 2 aromatic carbocycles. The average molecular weight is 405 g/mol. The van der Waals surface area contributed by atoms with Gasteiger partial charge >= 0.3 is 12.0 Å². The summed E-state index contributed by atoms with van der Waals surface area (Å²) in [4.78, 5) is 35.7. The van der Waals surface area contributed by atoms with E-state index in [4.69, 9.17) is 4.74 Å². The molecule has 0 bridgehead atoms. The highest BCUT2D eigenvalue weighted by molar-refractivity contribution is 9.10. The molecule has 0 heterocycles. The first kappa shape index (κ1) is 18.7. The molecule has 25 heavy (non-hydrogen) atoms. The van der Waals surface area contributed by atoms with Crippen molar-refractivity contribution >= 4 is 39.4 Å². The number of para-hydroxylation sites is 1. The lowest BCUT2D eigenvalue weighted by Crippen LogP contribution is -2.42. The molecule has 0 unspecified atom stereocenters. The number of esters is 1. The van der Waals surface area contributed by atoms with Crippen molar-refractivity contribution in [2.75, 3.05) is 11.9 Å². The lowest BCUT2D eigenvalue weighted by atomic mass is 10.1. The summed E-state index contributed by atoms with van der Waals surface area (Å²) in [5, 5.41) is 5.05. The Kier molecular flexibility index (Phi) is 6.71. The standard InChI is InChI=1S/C18H17BrN2O4/c1-12(20-18(24)21-15-5-3-2-4-6-15)17(23)25-11-16(22)13-7-9-14(19)10-8-13/h2-10,12H,11H2,1H3,(H2,20,21,24)/t12-/m0/s1. The van der Waals surface area contributed by atoms with E-state index >= 15 is 0 Å². The minimum Gasteiger partial charge on any atom is -0.456 e.